The number of H-pyrrole nitrogens is 1. The van der Waals surface area contributed by atoms with Crippen molar-refractivity contribution >= 4 is 17.8 Å². The van der Waals surface area contributed by atoms with Crippen molar-refractivity contribution in [1.29, 1.82) is 0 Å². The van der Waals surface area contributed by atoms with Gasteiger partial charge in [-0.25, -0.2) is 9.59 Å². The molecule has 0 aliphatic carbocycles. The number of carbonyl (C=O) groups excluding carboxylic acids is 3. The zero-order valence-electron chi connectivity index (χ0n) is 20.0. The van der Waals surface area contributed by atoms with Gasteiger partial charge in [-0.2, -0.15) is 5.21 Å². The first kappa shape index (κ1) is 24.8. The highest BCUT2D eigenvalue weighted by molar-refractivity contribution is 5.94. The molecule has 1 saturated heterocycles. The Hall–Kier alpha value is -4.90. The summed E-state index contributed by atoms with van der Waals surface area (Å²) in [7, 11) is 0. The van der Waals surface area contributed by atoms with Crippen LogP contribution < -0.4 is 5.32 Å². The van der Waals surface area contributed by atoms with Crippen LogP contribution in [0.4, 0.5) is 0 Å². The third-order valence-electron chi connectivity index (χ3n) is 5.96. The highest BCUT2D eigenvalue weighted by Gasteiger charge is 2.50. The van der Waals surface area contributed by atoms with E-state index in [9.17, 15) is 14.4 Å². The number of aromatic nitrogens is 4. The van der Waals surface area contributed by atoms with Gasteiger partial charge in [-0.05, 0) is 36.4 Å². The Labute approximate surface area is 217 Å². The van der Waals surface area contributed by atoms with Gasteiger partial charge in [0.2, 0.25) is 5.82 Å². The molecule has 1 aliphatic rings. The second kappa shape index (κ2) is 11.4. The molecule has 38 heavy (non-hydrogen) atoms. The fraction of sp³-hybridized carbons (Fsp3) is 0.185. The number of aromatic amines is 1. The van der Waals surface area contributed by atoms with Crippen molar-refractivity contribution in [2.75, 3.05) is 6.61 Å². The molecule has 0 unspecified atom stereocenters. The number of nitrogens with zero attached hydrogens (tertiary/aromatic N) is 3. The van der Waals surface area contributed by atoms with Gasteiger partial charge in [0.1, 0.15) is 24.9 Å². The van der Waals surface area contributed by atoms with E-state index in [2.05, 4.69) is 25.9 Å². The highest BCUT2D eigenvalue weighted by Crippen LogP contribution is 2.34. The number of esters is 2. The Kier molecular flexibility index (Phi) is 7.46. The summed E-state index contributed by atoms with van der Waals surface area (Å²) in [5, 5.41) is 16.9. The van der Waals surface area contributed by atoms with Crippen LogP contribution in [-0.2, 0) is 14.2 Å². The standard InChI is InChI=1S/C27H23N5O6/c33-25(17-10-4-1-5-11-17)28-21-22(38-27(35)19-14-8-3-9-15-19)20(37-23(21)24-29-31-32-30-24)16-36-26(34)18-12-6-2-7-13-18/h1-15,20-23H,16H2,(H,28,33)(H,29,30,31,32)/t20-,21-,22-,23-/m1/s1. The van der Waals surface area contributed by atoms with Gasteiger partial charge in [-0.15, -0.1) is 10.2 Å². The summed E-state index contributed by atoms with van der Waals surface area (Å²) >= 11 is 0. The minimum atomic E-state index is -1.05. The molecule has 4 aromatic rings. The SMILES string of the molecule is O=C(N[C@@H]1[C@H](OC(=O)c2ccccc2)[C@@H](COC(=O)c2ccccc2)O[C@H]1c1nn[nH]n1)c1ccccc1. The first-order valence-electron chi connectivity index (χ1n) is 11.8. The first-order valence-corrected chi connectivity index (χ1v) is 11.8. The summed E-state index contributed by atoms with van der Waals surface area (Å²) in [6.07, 6.45) is -2.95. The van der Waals surface area contributed by atoms with Gasteiger partial charge in [-0.3, -0.25) is 4.79 Å². The molecule has 0 saturated carbocycles. The van der Waals surface area contributed by atoms with Crippen LogP contribution in [0.15, 0.2) is 91.0 Å². The molecule has 192 valence electrons. The molecule has 4 atom stereocenters. The molecule has 11 nitrogen and oxygen atoms in total. The third-order valence-corrected chi connectivity index (χ3v) is 5.96. The normalized spacial score (nSPS) is 20.4. The Morgan fingerprint density at radius 1 is 0.816 bits per heavy atom. The lowest BCUT2D eigenvalue weighted by molar-refractivity contribution is -0.0440. The molecule has 0 radical (unpaired) electrons. The Balaban J connectivity index is 1.43. The number of benzene rings is 3. The van der Waals surface area contributed by atoms with E-state index in [0.717, 1.165) is 0 Å². The smallest absolute Gasteiger partial charge is 0.338 e. The largest absolute Gasteiger partial charge is 0.459 e. The molecule has 5 rings (SSSR count). The molecule has 1 fully saturated rings. The second-order valence-electron chi connectivity index (χ2n) is 8.43. The van der Waals surface area contributed by atoms with Crippen molar-refractivity contribution in [2.45, 2.75) is 24.4 Å². The predicted molar refractivity (Wildman–Crippen MR) is 132 cm³/mol. The lowest BCUT2D eigenvalue weighted by Gasteiger charge is -2.24. The van der Waals surface area contributed by atoms with Crippen molar-refractivity contribution in [2.24, 2.45) is 0 Å². The van der Waals surface area contributed by atoms with E-state index in [0.29, 0.717) is 16.7 Å². The van der Waals surface area contributed by atoms with Crippen molar-refractivity contribution < 1.29 is 28.6 Å². The fourth-order valence-corrected chi connectivity index (χ4v) is 4.11. The van der Waals surface area contributed by atoms with E-state index < -0.39 is 42.2 Å². The van der Waals surface area contributed by atoms with Crippen molar-refractivity contribution in [3.05, 3.63) is 114 Å². The zero-order valence-corrected chi connectivity index (χ0v) is 20.0. The summed E-state index contributed by atoms with van der Waals surface area (Å²) in [4.78, 5) is 38.8. The Morgan fingerprint density at radius 2 is 1.39 bits per heavy atom. The average Bonchev–Trinajstić information content (AvgIpc) is 3.62. The van der Waals surface area contributed by atoms with E-state index >= 15 is 0 Å². The molecule has 1 aliphatic heterocycles. The molecule has 11 heteroatoms. The van der Waals surface area contributed by atoms with Gasteiger partial charge in [0.15, 0.2) is 6.10 Å². The number of hydrogen-bond donors (Lipinski definition) is 2. The van der Waals surface area contributed by atoms with Gasteiger partial charge in [0.05, 0.1) is 11.1 Å². The number of nitrogens with one attached hydrogen (secondary N) is 2. The molecule has 0 spiro atoms. The number of hydrogen-bond acceptors (Lipinski definition) is 9. The monoisotopic (exact) mass is 513 g/mol. The summed E-state index contributed by atoms with van der Waals surface area (Å²) in [6, 6.07) is 24.5. The van der Waals surface area contributed by atoms with Gasteiger partial charge >= 0.3 is 11.9 Å². The summed E-state index contributed by atoms with van der Waals surface area (Å²) < 4.78 is 17.5. The summed E-state index contributed by atoms with van der Waals surface area (Å²) in [5.41, 5.74) is 1.06. The van der Waals surface area contributed by atoms with Gasteiger partial charge in [0.25, 0.3) is 5.91 Å². The van der Waals surface area contributed by atoms with Crippen LogP contribution in [0.5, 0.6) is 0 Å². The lowest BCUT2D eigenvalue weighted by Crippen LogP contribution is -2.48. The number of amides is 1. The third kappa shape index (κ3) is 5.57. The predicted octanol–water partition coefficient (Wildman–Crippen LogP) is 2.52. The quantitative estimate of drug-likeness (QED) is 0.339. The summed E-state index contributed by atoms with van der Waals surface area (Å²) in [6.45, 7) is -0.257. The summed E-state index contributed by atoms with van der Waals surface area (Å²) in [5.74, 6) is -1.49. The maximum Gasteiger partial charge on any atom is 0.338 e. The van der Waals surface area contributed by atoms with Crippen molar-refractivity contribution in [1.82, 2.24) is 25.9 Å². The van der Waals surface area contributed by atoms with Crippen LogP contribution in [0.2, 0.25) is 0 Å². The lowest BCUT2D eigenvalue weighted by atomic mass is 10.0. The molecule has 2 heterocycles. The van der Waals surface area contributed by atoms with Crippen LogP contribution in [0, 0.1) is 0 Å². The Bertz CT molecular complexity index is 1370. The van der Waals surface area contributed by atoms with E-state index in [4.69, 9.17) is 14.2 Å². The first-order chi connectivity index (χ1) is 18.6. The highest BCUT2D eigenvalue weighted by atomic mass is 16.6. The van der Waals surface area contributed by atoms with E-state index in [1.165, 1.54) is 0 Å². The number of carbonyl (C=O) groups is 3. The zero-order chi connectivity index (χ0) is 26.3. The van der Waals surface area contributed by atoms with Crippen LogP contribution >= 0.6 is 0 Å². The molecule has 0 bridgehead atoms. The van der Waals surface area contributed by atoms with Gasteiger partial charge in [0, 0.05) is 5.56 Å². The fourth-order valence-electron chi connectivity index (χ4n) is 4.11. The van der Waals surface area contributed by atoms with E-state index in [1.807, 2.05) is 0 Å². The van der Waals surface area contributed by atoms with Gasteiger partial charge in [-0.1, -0.05) is 59.8 Å². The molecule has 3 aromatic carbocycles. The molecule has 2 N–H and O–H groups in total. The maximum atomic E-state index is 13.1. The number of rotatable bonds is 8. The minimum Gasteiger partial charge on any atom is -0.459 e. The maximum absolute atomic E-state index is 13.1. The van der Waals surface area contributed by atoms with Crippen molar-refractivity contribution in [3.8, 4) is 0 Å². The van der Waals surface area contributed by atoms with Crippen LogP contribution in [0.3, 0.4) is 0 Å². The molecular weight excluding hydrogens is 490 g/mol. The topological polar surface area (TPSA) is 145 Å². The minimum absolute atomic E-state index is 0.140. The molecular formula is C27H23N5O6. The number of ether oxygens (including phenoxy) is 3. The van der Waals surface area contributed by atoms with Crippen molar-refractivity contribution in [3.63, 3.8) is 0 Å². The number of tetrazole rings is 1. The van der Waals surface area contributed by atoms with Gasteiger partial charge < -0.3 is 19.5 Å². The van der Waals surface area contributed by atoms with Crippen LogP contribution in [0.1, 0.15) is 43.0 Å². The second-order valence-corrected chi connectivity index (χ2v) is 8.43. The average molecular weight is 514 g/mol. The van der Waals surface area contributed by atoms with Crippen LogP contribution in [-0.4, -0.2) is 63.3 Å². The Morgan fingerprint density at radius 3 is 1.97 bits per heavy atom. The molecule has 1 aromatic heterocycles. The molecule has 1 amide bonds. The van der Waals surface area contributed by atoms with E-state index in [-0.39, 0.29) is 12.4 Å². The van der Waals surface area contributed by atoms with E-state index in [1.54, 1.807) is 91.0 Å². The van der Waals surface area contributed by atoms with Crippen LogP contribution in [0.25, 0.3) is 0 Å².